The summed E-state index contributed by atoms with van der Waals surface area (Å²) in [7, 11) is 0. The zero-order chi connectivity index (χ0) is 9.97. The van der Waals surface area contributed by atoms with Crippen molar-refractivity contribution in [2.75, 3.05) is 13.1 Å². The van der Waals surface area contributed by atoms with Gasteiger partial charge in [-0.05, 0) is 38.4 Å². The first-order valence-electron chi connectivity index (χ1n) is 5.20. The molecule has 1 saturated heterocycles. The Morgan fingerprint density at radius 1 is 1.57 bits per heavy atom. The van der Waals surface area contributed by atoms with E-state index in [9.17, 15) is 5.11 Å². The van der Waals surface area contributed by atoms with Crippen molar-refractivity contribution in [3.05, 3.63) is 21.9 Å². The second kappa shape index (κ2) is 4.43. The fraction of sp³-hybridized carbons (Fsp3) is 0.636. The molecule has 1 aliphatic heterocycles. The topological polar surface area (TPSA) is 23.5 Å². The van der Waals surface area contributed by atoms with Crippen molar-refractivity contribution in [3.63, 3.8) is 0 Å². The number of likely N-dealkylation sites (tertiary alicyclic amines) is 1. The first-order chi connectivity index (χ1) is 6.74. The van der Waals surface area contributed by atoms with Crippen LogP contribution in [0.3, 0.4) is 0 Å². The van der Waals surface area contributed by atoms with E-state index in [4.69, 9.17) is 0 Å². The van der Waals surface area contributed by atoms with Gasteiger partial charge in [-0.1, -0.05) is 0 Å². The van der Waals surface area contributed by atoms with Crippen LogP contribution in [-0.2, 0) is 6.54 Å². The lowest BCUT2D eigenvalue weighted by atomic mass is 10.1. The van der Waals surface area contributed by atoms with Crippen LogP contribution in [-0.4, -0.2) is 29.2 Å². The van der Waals surface area contributed by atoms with Crippen molar-refractivity contribution >= 4 is 11.3 Å². The maximum atomic E-state index is 9.52. The van der Waals surface area contributed by atoms with Crippen LogP contribution in [0, 0.1) is 6.92 Å². The molecule has 2 rings (SSSR count). The Hall–Kier alpha value is -0.380. The fourth-order valence-corrected chi connectivity index (χ4v) is 2.90. The largest absolute Gasteiger partial charge is 0.392 e. The first-order valence-corrected chi connectivity index (χ1v) is 6.01. The molecule has 0 bridgehead atoms. The molecule has 1 atom stereocenters. The number of aliphatic hydroxyl groups is 1. The number of piperidine rings is 1. The maximum absolute atomic E-state index is 9.52. The number of aliphatic hydroxyl groups excluding tert-OH is 1. The molecule has 1 N–H and O–H groups in total. The van der Waals surface area contributed by atoms with E-state index in [1.54, 1.807) is 0 Å². The molecular weight excluding hydrogens is 194 g/mol. The molecule has 1 aliphatic rings. The summed E-state index contributed by atoms with van der Waals surface area (Å²) in [6.07, 6.45) is 2.00. The van der Waals surface area contributed by atoms with Gasteiger partial charge in [-0.25, -0.2) is 0 Å². The predicted octanol–water partition coefficient (Wildman–Crippen LogP) is 2.01. The van der Waals surface area contributed by atoms with Gasteiger partial charge in [-0.3, -0.25) is 4.90 Å². The fourth-order valence-electron chi connectivity index (χ4n) is 1.97. The van der Waals surface area contributed by atoms with Gasteiger partial charge in [0.1, 0.15) is 0 Å². The smallest absolute Gasteiger partial charge is 0.0667 e. The monoisotopic (exact) mass is 211 g/mol. The van der Waals surface area contributed by atoms with Gasteiger partial charge < -0.3 is 5.11 Å². The zero-order valence-electron chi connectivity index (χ0n) is 8.57. The minimum absolute atomic E-state index is 0.107. The van der Waals surface area contributed by atoms with Gasteiger partial charge in [0.05, 0.1) is 6.10 Å². The van der Waals surface area contributed by atoms with E-state index in [0.29, 0.717) is 0 Å². The molecule has 3 heteroatoms. The highest BCUT2D eigenvalue weighted by Gasteiger charge is 2.17. The van der Waals surface area contributed by atoms with Gasteiger partial charge in [0.25, 0.3) is 0 Å². The standard InChI is InChI=1S/C11H17NOS/c1-9-4-5-11(14-9)8-12-6-2-3-10(13)7-12/h4-5,10,13H,2-3,6-8H2,1H3/t10-/m1/s1. The third kappa shape index (κ3) is 2.56. The van der Waals surface area contributed by atoms with Crippen LogP contribution in [0.25, 0.3) is 0 Å². The maximum Gasteiger partial charge on any atom is 0.0667 e. The average molecular weight is 211 g/mol. The summed E-state index contributed by atoms with van der Waals surface area (Å²) in [5.41, 5.74) is 0. The van der Waals surface area contributed by atoms with E-state index in [1.165, 1.54) is 9.75 Å². The summed E-state index contributed by atoms with van der Waals surface area (Å²) in [5, 5.41) is 9.52. The summed E-state index contributed by atoms with van der Waals surface area (Å²) in [5.74, 6) is 0. The van der Waals surface area contributed by atoms with E-state index in [2.05, 4.69) is 24.0 Å². The summed E-state index contributed by atoms with van der Waals surface area (Å²) < 4.78 is 0. The minimum atomic E-state index is -0.107. The quantitative estimate of drug-likeness (QED) is 0.809. The molecule has 14 heavy (non-hydrogen) atoms. The molecule has 0 spiro atoms. The van der Waals surface area contributed by atoms with E-state index < -0.39 is 0 Å². The highest BCUT2D eigenvalue weighted by atomic mass is 32.1. The van der Waals surface area contributed by atoms with Gasteiger partial charge in [0.2, 0.25) is 0 Å². The normalized spacial score (nSPS) is 24.0. The molecule has 0 radical (unpaired) electrons. The van der Waals surface area contributed by atoms with Crippen LogP contribution in [0.2, 0.25) is 0 Å². The molecule has 1 aromatic heterocycles. The Morgan fingerprint density at radius 3 is 3.07 bits per heavy atom. The van der Waals surface area contributed by atoms with Crippen molar-refractivity contribution in [2.24, 2.45) is 0 Å². The number of nitrogens with zero attached hydrogens (tertiary/aromatic N) is 1. The van der Waals surface area contributed by atoms with Crippen LogP contribution < -0.4 is 0 Å². The number of β-amino-alcohol motifs (C(OH)–C–C–N with tert-alkyl or cyclic N) is 1. The predicted molar refractivity (Wildman–Crippen MR) is 59.6 cm³/mol. The Bertz CT molecular complexity index is 297. The molecule has 1 aromatic rings. The number of rotatable bonds is 2. The summed E-state index contributed by atoms with van der Waals surface area (Å²) in [6, 6.07) is 4.36. The van der Waals surface area contributed by atoms with E-state index in [1.807, 2.05) is 11.3 Å². The lowest BCUT2D eigenvalue weighted by Gasteiger charge is -2.29. The third-order valence-corrected chi connectivity index (χ3v) is 3.64. The van der Waals surface area contributed by atoms with Crippen LogP contribution in [0.1, 0.15) is 22.6 Å². The highest BCUT2D eigenvalue weighted by molar-refractivity contribution is 7.11. The molecule has 1 fully saturated rings. The minimum Gasteiger partial charge on any atom is -0.392 e. The van der Waals surface area contributed by atoms with Crippen molar-refractivity contribution < 1.29 is 5.11 Å². The van der Waals surface area contributed by atoms with Crippen LogP contribution >= 0.6 is 11.3 Å². The molecule has 0 saturated carbocycles. The second-order valence-corrected chi connectivity index (χ2v) is 5.42. The molecule has 0 aliphatic carbocycles. The Kier molecular flexibility index (Phi) is 3.21. The van der Waals surface area contributed by atoms with E-state index in [0.717, 1.165) is 32.5 Å². The Balaban J connectivity index is 1.90. The molecule has 0 amide bonds. The molecule has 2 heterocycles. The van der Waals surface area contributed by atoms with Crippen molar-refractivity contribution in [2.45, 2.75) is 32.4 Å². The van der Waals surface area contributed by atoms with Crippen molar-refractivity contribution in [1.29, 1.82) is 0 Å². The summed E-state index contributed by atoms with van der Waals surface area (Å²) in [4.78, 5) is 5.13. The van der Waals surface area contributed by atoms with Gasteiger partial charge in [0.15, 0.2) is 0 Å². The number of aryl methyl sites for hydroxylation is 1. The Labute approximate surface area is 89.2 Å². The number of hydrogen-bond acceptors (Lipinski definition) is 3. The summed E-state index contributed by atoms with van der Waals surface area (Å²) in [6.45, 7) is 5.12. The molecular formula is C11H17NOS. The van der Waals surface area contributed by atoms with Crippen molar-refractivity contribution in [3.8, 4) is 0 Å². The molecule has 2 nitrogen and oxygen atoms in total. The van der Waals surface area contributed by atoms with Gasteiger partial charge in [-0.15, -0.1) is 11.3 Å². The third-order valence-electron chi connectivity index (χ3n) is 2.66. The van der Waals surface area contributed by atoms with Crippen LogP contribution in [0.4, 0.5) is 0 Å². The SMILES string of the molecule is Cc1ccc(CN2CCC[C@@H](O)C2)s1. The zero-order valence-corrected chi connectivity index (χ0v) is 9.39. The lowest BCUT2D eigenvalue weighted by molar-refractivity contribution is 0.0673. The first kappa shape index (κ1) is 10.1. The number of hydrogen-bond donors (Lipinski definition) is 1. The van der Waals surface area contributed by atoms with Crippen LogP contribution in [0.15, 0.2) is 12.1 Å². The van der Waals surface area contributed by atoms with Crippen molar-refractivity contribution in [1.82, 2.24) is 4.90 Å². The second-order valence-electron chi connectivity index (χ2n) is 4.04. The molecule has 78 valence electrons. The molecule has 0 unspecified atom stereocenters. The highest BCUT2D eigenvalue weighted by Crippen LogP contribution is 2.19. The number of thiophene rings is 1. The molecule has 0 aromatic carbocycles. The van der Waals surface area contributed by atoms with Crippen LogP contribution in [0.5, 0.6) is 0 Å². The Morgan fingerprint density at radius 2 is 2.43 bits per heavy atom. The lowest BCUT2D eigenvalue weighted by Crippen LogP contribution is -2.37. The average Bonchev–Trinajstić information content (AvgIpc) is 2.51. The van der Waals surface area contributed by atoms with Gasteiger partial charge in [0, 0.05) is 22.8 Å². The van der Waals surface area contributed by atoms with E-state index >= 15 is 0 Å². The van der Waals surface area contributed by atoms with E-state index in [-0.39, 0.29) is 6.10 Å². The summed E-state index contributed by atoms with van der Waals surface area (Å²) >= 11 is 1.86. The van der Waals surface area contributed by atoms with Gasteiger partial charge in [-0.2, -0.15) is 0 Å². The van der Waals surface area contributed by atoms with Gasteiger partial charge >= 0.3 is 0 Å².